The number of nitrogen functional groups attached to an aromatic ring is 1. The van der Waals surface area contributed by atoms with Crippen molar-refractivity contribution in [2.45, 2.75) is 17.9 Å². The minimum Gasteiger partial charge on any atom is -0.382 e. The van der Waals surface area contributed by atoms with E-state index in [1.165, 1.54) is 12.4 Å². The maximum Gasteiger partial charge on any atom is 0.170 e. The number of anilines is 2. The first-order valence-electron chi connectivity index (χ1n) is 8.96. The molecule has 3 aromatic heterocycles. The van der Waals surface area contributed by atoms with Gasteiger partial charge < -0.3 is 15.6 Å². The molecule has 30 heavy (non-hydrogen) atoms. The molecular formula is C19H18N8O2S. The number of nitrogens with one attached hydrogen (secondary N) is 1. The summed E-state index contributed by atoms with van der Waals surface area (Å²) in [6.07, 6.45) is 6.27. The van der Waals surface area contributed by atoms with Gasteiger partial charge in [0.2, 0.25) is 0 Å². The van der Waals surface area contributed by atoms with Gasteiger partial charge in [-0.1, -0.05) is 12.1 Å². The lowest BCUT2D eigenvalue weighted by Crippen LogP contribution is -2.24. The second-order valence-electron chi connectivity index (χ2n) is 6.37. The first kappa shape index (κ1) is 19.5. The third kappa shape index (κ3) is 3.82. The van der Waals surface area contributed by atoms with Crippen molar-refractivity contribution >= 4 is 44.9 Å². The van der Waals surface area contributed by atoms with Crippen LogP contribution in [0.5, 0.6) is 0 Å². The number of aromatic nitrogens is 5. The summed E-state index contributed by atoms with van der Waals surface area (Å²) >= 11 is 0. The third-order valence-corrected chi connectivity index (χ3v) is 5.22. The first-order chi connectivity index (χ1) is 14.5. The van der Waals surface area contributed by atoms with Crippen LogP contribution in [0.25, 0.3) is 11.2 Å². The molecule has 1 atom stereocenters. The van der Waals surface area contributed by atoms with E-state index in [9.17, 15) is 8.42 Å². The van der Waals surface area contributed by atoms with Crippen LogP contribution in [0.2, 0.25) is 0 Å². The molecule has 1 unspecified atom stereocenters. The van der Waals surface area contributed by atoms with Crippen molar-refractivity contribution in [3.05, 3.63) is 61.4 Å². The van der Waals surface area contributed by atoms with Crippen LogP contribution in [0.15, 0.2) is 71.3 Å². The topological polar surface area (TPSA) is 141 Å². The maximum atomic E-state index is 11.7. The number of nitrogens with two attached hydrogens (primary N) is 1. The lowest BCUT2D eigenvalue weighted by atomic mass is 10.2. The van der Waals surface area contributed by atoms with Crippen molar-refractivity contribution < 1.29 is 8.42 Å². The second kappa shape index (κ2) is 8.25. The number of hydrogen-bond donors (Lipinski definition) is 3. The molecular weight excluding hydrogens is 404 g/mol. The van der Waals surface area contributed by atoms with Gasteiger partial charge in [-0.05, 0) is 31.2 Å². The van der Waals surface area contributed by atoms with Crippen LogP contribution in [-0.2, 0) is 10.7 Å². The molecule has 3 N–H and O–H groups in total. The Morgan fingerprint density at radius 1 is 1.17 bits per heavy atom. The molecule has 152 valence electrons. The molecule has 0 radical (unpaired) electrons. The lowest BCUT2D eigenvalue weighted by Gasteiger charge is -2.19. The molecule has 3 heterocycles. The summed E-state index contributed by atoms with van der Waals surface area (Å²) in [4.78, 5) is 21.4. The smallest absolute Gasteiger partial charge is 0.170 e. The van der Waals surface area contributed by atoms with E-state index in [4.69, 9.17) is 5.73 Å². The Labute approximate surface area is 173 Å². The maximum absolute atomic E-state index is 11.7. The van der Waals surface area contributed by atoms with E-state index >= 15 is 0 Å². The Morgan fingerprint density at radius 2 is 2.00 bits per heavy atom. The Kier molecular flexibility index (Phi) is 5.35. The number of aliphatic imine (C=N–C) groups is 1. The molecule has 0 fully saturated rings. The third-order valence-electron chi connectivity index (χ3n) is 4.45. The van der Waals surface area contributed by atoms with Crippen LogP contribution in [-0.4, -0.2) is 38.8 Å². The van der Waals surface area contributed by atoms with E-state index in [1.807, 2.05) is 13.0 Å². The van der Waals surface area contributed by atoms with Gasteiger partial charge >= 0.3 is 0 Å². The van der Waals surface area contributed by atoms with Crippen molar-refractivity contribution in [1.82, 2.24) is 24.5 Å². The SMILES string of the molecule is CC(/C(=N/c1ccccc1[SH](=O)=O)Nc1cccnc1)n1cnc2c(N)ncnc21. The minimum absolute atomic E-state index is 0.132. The molecule has 0 aliphatic rings. The molecule has 0 aliphatic heterocycles. The predicted octanol–water partition coefficient (Wildman–Crippen LogP) is 2.18. The van der Waals surface area contributed by atoms with Crippen LogP contribution in [0, 0.1) is 0 Å². The molecule has 0 spiro atoms. The second-order valence-corrected chi connectivity index (χ2v) is 7.36. The number of para-hydroxylation sites is 1. The number of benzene rings is 1. The summed E-state index contributed by atoms with van der Waals surface area (Å²) in [6, 6.07) is 9.77. The number of hydrogen-bond acceptors (Lipinski definition) is 8. The van der Waals surface area contributed by atoms with Crippen LogP contribution < -0.4 is 11.1 Å². The van der Waals surface area contributed by atoms with Gasteiger partial charge in [-0.2, -0.15) is 0 Å². The summed E-state index contributed by atoms with van der Waals surface area (Å²) < 4.78 is 25.1. The normalized spacial score (nSPS) is 12.9. The van der Waals surface area contributed by atoms with Gasteiger partial charge in [-0.15, -0.1) is 0 Å². The van der Waals surface area contributed by atoms with Crippen molar-refractivity contribution in [3.63, 3.8) is 0 Å². The van der Waals surface area contributed by atoms with Gasteiger partial charge in [0.05, 0.1) is 34.8 Å². The molecule has 0 aliphatic carbocycles. The monoisotopic (exact) mass is 422 g/mol. The number of fused-ring (bicyclic) bond motifs is 1. The molecule has 0 bridgehead atoms. The highest BCUT2D eigenvalue weighted by Crippen LogP contribution is 2.25. The average molecular weight is 422 g/mol. The molecule has 0 saturated carbocycles. The van der Waals surface area contributed by atoms with E-state index < -0.39 is 10.7 Å². The average Bonchev–Trinajstić information content (AvgIpc) is 3.19. The quantitative estimate of drug-likeness (QED) is 0.252. The fourth-order valence-electron chi connectivity index (χ4n) is 2.94. The summed E-state index contributed by atoms with van der Waals surface area (Å²) in [6.45, 7) is 1.89. The summed E-state index contributed by atoms with van der Waals surface area (Å²) in [5.74, 6) is 0.752. The lowest BCUT2D eigenvalue weighted by molar-refractivity contribution is 0.614. The van der Waals surface area contributed by atoms with Crippen LogP contribution in [0.3, 0.4) is 0 Å². The Bertz CT molecular complexity index is 1290. The molecule has 4 aromatic rings. The van der Waals surface area contributed by atoms with Gasteiger partial charge in [0.1, 0.15) is 17.7 Å². The number of thiol groups is 1. The van der Waals surface area contributed by atoms with E-state index in [-0.39, 0.29) is 16.8 Å². The highest BCUT2D eigenvalue weighted by atomic mass is 32.2. The molecule has 10 nitrogen and oxygen atoms in total. The standard InChI is InChI=1S/C19H18N8O2S/c1-12(27-11-24-16-17(20)22-10-23-19(16)27)18(25-13-5-4-8-21-9-13)26-14-6-2-3-7-15(14)30(28)29/h2-12,30H,1H3,(H,25,26)(H2,20,22,23). The summed E-state index contributed by atoms with van der Waals surface area (Å²) in [7, 11) is -2.81. The summed E-state index contributed by atoms with van der Waals surface area (Å²) in [5, 5.41) is 3.23. The number of nitrogens with zero attached hydrogens (tertiary/aromatic N) is 6. The van der Waals surface area contributed by atoms with E-state index in [0.29, 0.717) is 28.4 Å². The molecule has 1 aromatic carbocycles. The Morgan fingerprint density at radius 3 is 2.77 bits per heavy atom. The molecule has 0 saturated heterocycles. The highest BCUT2D eigenvalue weighted by molar-refractivity contribution is 7.72. The zero-order valence-electron chi connectivity index (χ0n) is 15.9. The van der Waals surface area contributed by atoms with Crippen molar-refractivity contribution in [3.8, 4) is 0 Å². The largest absolute Gasteiger partial charge is 0.382 e. The van der Waals surface area contributed by atoms with Gasteiger partial charge in [-0.25, -0.2) is 28.4 Å². The molecule has 0 amide bonds. The van der Waals surface area contributed by atoms with Crippen molar-refractivity contribution in [1.29, 1.82) is 0 Å². The van der Waals surface area contributed by atoms with Crippen molar-refractivity contribution in [2.75, 3.05) is 11.1 Å². The zero-order valence-corrected chi connectivity index (χ0v) is 16.8. The molecule has 11 heteroatoms. The Balaban J connectivity index is 1.84. The number of imidazole rings is 1. The molecule has 4 rings (SSSR count). The zero-order chi connectivity index (χ0) is 21.1. The van der Waals surface area contributed by atoms with E-state index in [0.717, 1.165) is 0 Å². The fourth-order valence-corrected chi connectivity index (χ4v) is 3.46. The van der Waals surface area contributed by atoms with Gasteiger partial charge in [0.25, 0.3) is 0 Å². The number of pyridine rings is 1. The van der Waals surface area contributed by atoms with Gasteiger partial charge in [0.15, 0.2) is 22.2 Å². The summed E-state index contributed by atoms with van der Waals surface area (Å²) in [5.41, 5.74) is 7.94. The highest BCUT2D eigenvalue weighted by Gasteiger charge is 2.19. The predicted molar refractivity (Wildman–Crippen MR) is 114 cm³/mol. The number of amidine groups is 1. The Hall–Kier alpha value is -3.86. The van der Waals surface area contributed by atoms with Crippen molar-refractivity contribution in [2.24, 2.45) is 4.99 Å². The van der Waals surface area contributed by atoms with Crippen LogP contribution in [0.1, 0.15) is 13.0 Å². The van der Waals surface area contributed by atoms with E-state index in [1.54, 1.807) is 47.6 Å². The minimum atomic E-state index is -2.81. The van der Waals surface area contributed by atoms with Gasteiger partial charge in [0, 0.05) is 6.20 Å². The van der Waals surface area contributed by atoms with E-state index in [2.05, 4.69) is 30.2 Å². The first-order valence-corrected chi connectivity index (χ1v) is 10.1. The number of rotatable bonds is 5. The van der Waals surface area contributed by atoms with Gasteiger partial charge in [-0.3, -0.25) is 4.98 Å². The van der Waals surface area contributed by atoms with Crippen LogP contribution in [0.4, 0.5) is 17.2 Å². The fraction of sp³-hybridized carbons (Fsp3) is 0.105. The van der Waals surface area contributed by atoms with Crippen LogP contribution >= 0.6 is 0 Å².